The van der Waals surface area contributed by atoms with Gasteiger partial charge in [0.1, 0.15) is 0 Å². The van der Waals surface area contributed by atoms with E-state index in [-0.39, 0.29) is 4.90 Å². The predicted molar refractivity (Wildman–Crippen MR) is 87.8 cm³/mol. The van der Waals surface area contributed by atoms with Crippen LogP contribution in [0.2, 0.25) is 0 Å². The number of hydrazine groups is 1. The summed E-state index contributed by atoms with van der Waals surface area (Å²) in [5.41, 5.74) is 4.03. The second kappa shape index (κ2) is 6.10. The first-order chi connectivity index (χ1) is 9.83. The first-order valence-electron chi connectivity index (χ1n) is 6.01. The molecule has 0 aliphatic heterocycles. The summed E-state index contributed by atoms with van der Waals surface area (Å²) in [6, 6.07) is 8.12. The highest BCUT2D eigenvalue weighted by Gasteiger charge is 2.15. The van der Waals surface area contributed by atoms with E-state index in [4.69, 9.17) is 12.2 Å². The summed E-state index contributed by atoms with van der Waals surface area (Å²) in [6.07, 6.45) is 0. The number of nitrogens with one attached hydrogen (secondary N) is 2. The monoisotopic (exact) mass is 341 g/mol. The normalized spacial score (nSPS) is 11.3. The van der Waals surface area contributed by atoms with Crippen molar-refractivity contribution >= 4 is 39.3 Å². The van der Waals surface area contributed by atoms with E-state index in [9.17, 15) is 8.42 Å². The molecular weight excluding hydrogens is 326 g/mol. The molecule has 0 bridgehead atoms. The van der Waals surface area contributed by atoms with Crippen molar-refractivity contribution in [1.29, 1.82) is 0 Å². The summed E-state index contributed by atoms with van der Waals surface area (Å²) in [5.74, 6) is 0. The number of nitrogens with zero attached hydrogens (tertiary/aromatic N) is 1. The molecule has 0 radical (unpaired) electrons. The standard InChI is InChI=1S/C13H15N3O2S3/c1-9(12-10(2)16(3)13(19)20-12)14-15-21(17,18)11-7-5-4-6-8-11/h4-8,14-15H,1H2,2-3H3. The van der Waals surface area contributed by atoms with Crippen LogP contribution in [0.5, 0.6) is 0 Å². The Balaban J connectivity index is 2.15. The number of rotatable bonds is 5. The summed E-state index contributed by atoms with van der Waals surface area (Å²) in [4.78, 5) is 3.32. The zero-order chi connectivity index (χ0) is 15.6. The van der Waals surface area contributed by atoms with Crippen LogP contribution in [0.25, 0.3) is 5.70 Å². The maximum absolute atomic E-state index is 12.1. The topological polar surface area (TPSA) is 63.1 Å². The molecule has 0 fully saturated rings. The van der Waals surface area contributed by atoms with E-state index < -0.39 is 10.0 Å². The van der Waals surface area contributed by atoms with Gasteiger partial charge in [-0.2, -0.15) is 0 Å². The van der Waals surface area contributed by atoms with E-state index in [1.807, 2.05) is 18.5 Å². The minimum Gasteiger partial charge on any atom is -0.330 e. The smallest absolute Gasteiger partial charge is 0.257 e. The number of hydrogen-bond donors (Lipinski definition) is 2. The Morgan fingerprint density at radius 3 is 2.48 bits per heavy atom. The third kappa shape index (κ3) is 3.41. The molecule has 0 saturated heterocycles. The first-order valence-corrected chi connectivity index (χ1v) is 8.72. The Bertz CT molecular complexity index is 820. The lowest BCUT2D eigenvalue weighted by atomic mass is 10.3. The van der Waals surface area contributed by atoms with Crippen molar-refractivity contribution < 1.29 is 8.42 Å². The van der Waals surface area contributed by atoms with Gasteiger partial charge in [0.05, 0.1) is 15.5 Å². The van der Waals surface area contributed by atoms with E-state index in [0.29, 0.717) is 9.65 Å². The van der Waals surface area contributed by atoms with Crippen LogP contribution in [0.15, 0.2) is 41.8 Å². The molecule has 1 heterocycles. The molecule has 0 amide bonds. The van der Waals surface area contributed by atoms with Crippen molar-refractivity contribution in [3.63, 3.8) is 0 Å². The Labute approximate surface area is 133 Å². The maximum Gasteiger partial charge on any atom is 0.257 e. The van der Waals surface area contributed by atoms with Crippen LogP contribution in [0.3, 0.4) is 0 Å². The van der Waals surface area contributed by atoms with Crippen molar-refractivity contribution in [3.8, 4) is 0 Å². The van der Waals surface area contributed by atoms with E-state index in [1.165, 1.54) is 23.5 Å². The Hall–Kier alpha value is -1.48. The zero-order valence-electron chi connectivity index (χ0n) is 11.6. The molecule has 0 saturated carbocycles. The van der Waals surface area contributed by atoms with Gasteiger partial charge < -0.3 is 9.99 Å². The van der Waals surface area contributed by atoms with Gasteiger partial charge in [0.15, 0.2) is 3.95 Å². The number of benzene rings is 1. The average Bonchev–Trinajstić information content (AvgIpc) is 2.73. The van der Waals surface area contributed by atoms with E-state index in [0.717, 1.165) is 10.6 Å². The highest BCUT2D eigenvalue weighted by atomic mass is 32.2. The third-order valence-electron chi connectivity index (χ3n) is 2.96. The molecule has 8 heteroatoms. The summed E-state index contributed by atoms with van der Waals surface area (Å²) < 4.78 is 26.7. The molecule has 1 aromatic carbocycles. The SMILES string of the molecule is C=C(NNS(=O)(=O)c1ccccc1)c1sc(=S)n(C)c1C. The summed E-state index contributed by atoms with van der Waals surface area (Å²) in [5, 5.41) is 0. The highest BCUT2D eigenvalue weighted by Crippen LogP contribution is 2.23. The van der Waals surface area contributed by atoms with Crippen LogP contribution in [0.4, 0.5) is 0 Å². The van der Waals surface area contributed by atoms with Gasteiger partial charge in [0.25, 0.3) is 10.0 Å². The van der Waals surface area contributed by atoms with Gasteiger partial charge in [-0.15, -0.1) is 16.2 Å². The summed E-state index contributed by atoms with van der Waals surface area (Å²) >= 11 is 6.57. The fourth-order valence-electron chi connectivity index (χ4n) is 1.64. The third-order valence-corrected chi connectivity index (χ3v) is 5.94. The average molecular weight is 341 g/mol. The van der Waals surface area contributed by atoms with Crippen molar-refractivity contribution in [2.75, 3.05) is 0 Å². The van der Waals surface area contributed by atoms with Crippen molar-refractivity contribution in [2.45, 2.75) is 11.8 Å². The number of thiazole rings is 1. The highest BCUT2D eigenvalue weighted by molar-refractivity contribution is 7.89. The number of hydrogen-bond acceptors (Lipinski definition) is 5. The molecule has 5 nitrogen and oxygen atoms in total. The number of aromatic nitrogens is 1. The first kappa shape index (κ1) is 15.9. The molecule has 112 valence electrons. The molecule has 0 aliphatic carbocycles. The second-order valence-corrected chi connectivity index (χ2v) is 7.69. The molecule has 0 atom stereocenters. The molecule has 0 spiro atoms. The van der Waals surface area contributed by atoms with Crippen LogP contribution < -0.4 is 10.3 Å². The van der Waals surface area contributed by atoms with Gasteiger partial charge in [-0.1, -0.05) is 24.8 Å². The van der Waals surface area contributed by atoms with Crippen LogP contribution >= 0.6 is 23.6 Å². The minimum absolute atomic E-state index is 0.183. The Morgan fingerprint density at radius 2 is 1.95 bits per heavy atom. The summed E-state index contributed by atoms with van der Waals surface area (Å²) in [6.45, 7) is 5.75. The molecule has 2 rings (SSSR count). The quantitative estimate of drug-likeness (QED) is 0.648. The molecular formula is C13H15N3O2S3. The van der Waals surface area contributed by atoms with E-state index >= 15 is 0 Å². The van der Waals surface area contributed by atoms with Crippen LogP contribution in [0, 0.1) is 10.9 Å². The lowest BCUT2D eigenvalue weighted by Gasteiger charge is -2.11. The summed E-state index contributed by atoms with van der Waals surface area (Å²) in [7, 11) is -1.77. The molecule has 1 aromatic heterocycles. The minimum atomic E-state index is -3.63. The van der Waals surface area contributed by atoms with Crippen LogP contribution in [-0.4, -0.2) is 13.0 Å². The molecule has 2 N–H and O–H groups in total. The fraction of sp³-hybridized carbons (Fsp3) is 0.154. The molecule has 0 unspecified atom stereocenters. The van der Waals surface area contributed by atoms with Gasteiger partial charge in [-0.3, -0.25) is 0 Å². The molecule has 2 aromatic rings. The van der Waals surface area contributed by atoms with Crippen molar-refractivity contribution in [3.05, 3.63) is 51.4 Å². The van der Waals surface area contributed by atoms with Crippen molar-refractivity contribution in [1.82, 2.24) is 14.8 Å². The van der Waals surface area contributed by atoms with Crippen LogP contribution in [-0.2, 0) is 17.1 Å². The van der Waals surface area contributed by atoms with Gasteiger partial charge in [-0.05, 0) is 31.3 Å². The van der Waals surface area contributed by atoms with Crippen LogP contribution in [0.1, 0.15) is 10.6 Å². The van der Waals surface area contributed by atoms with Gasteiger partial charge in [-0.25, -0.2) is 8.42 Å². The van der Waals surface area contributed by atoms with Gasteiger partial charge in [0.2, 0.25) is 0 Å². The second-order valence-electron chi connectivity index (χ2n) is 4.36. The lowest BCUT2D eigenvalue weighted by molar-refractivity contribution is 0.576. The maximum atomic E-state index is 12.1. The number of sulfonamides is 1. The Morgan fingerprint density at radius 1 is 1.33 bits per heavy atom. The lowest BCUT2D eigenvalue weighted by Crippen LogP contribution is -2.35. The largest absolute Gasteiger partial charge is 0.330 e. The van der Waals surface area contributed by atoms with Gasteiger partial charge in [0, 0.05) is 12.7 Å². The fourth-order valence-corrected chi connectivity index (χ4v) is 3.83. The van der Waals surface area contributed by atoms with Gasteiger partial charge >= 0.3 is 0 Å². The Kier molecular flexibility index (Phi) is 4.62. The predicted octanol–water partition coefficient (Wildman–Crippen LogP) is 2.58. The molecule has 21 heavy (non-hydrogen) atoms. The van der Waals surface area contributed by atoms with E-state index in [2.05, 4.69) is 16.8 Å². The van der Waals surface area contributed by atoms with Crippen molar-refractivity contribution in [2.24, 2.45) is 7.05 Å². The van der Waals surface area contributed by atoms with E-state index in [1.54, 1.807) is 18.2 Å². The zero-order valence-corrected chi connectivity index (χ0v) is 14.0. The molecule has 0 aliphatic rings.